The number of aliphatic hydroxyl groups excluding tert-OH is 1. The predicted octanol–water partition coefficient (Wildman–Crippen LogP) is 3.40. The van der Waals surface area contributed by atoms with Crippen molar-refractivity contribution in [2.75, 3.05) is 0 Å². The van der Waals surface area contributed by atoms with Gasteiger partial charge in [0.05, 0.1) is 12.5 Å². The zero-order valence-corrected chi connectivity index (χ0v) is 11.9. The Balaban J connectivity index is 4.38. The van der Waals surface area contributed by atoms with Gasteiger partial charge in [0.1, 0.15) is 0 Å². The molecule has 2 atom stereocenters. The van der Waals surface area contributed by atoms with Crippen LogP contribution in [0.3, 0.4) is 0 Å². The van der Waals surface area contributed by atoms with Crippen molar-refractivity contribution in [3.63, 3.8) is 0 Å². The third-order valence-corrected chi connectivity index (χ3v) is 2.98. The standard InChI is InChI=1S/C15H26O3/c1-11(2)14(9-7-13(4)16)8-5-12(3)6-10-15(17)18/h5-6,8,11,13-14,16H,7,9-10H2,1-4H3,(H,17,18)/b8-5+,12-6+/t13-,14+/m1/s1. The van der Waals surface area contributed by atoms with E-state index >= 15 is 0 Å². The molecule has 0 aliphatic rings. The van der Waals surface area contributed by atoms with Crippen LogP contribution in [0.15, 0.2) is 23.8 Å². The number of carboxylic acid groups (broad SMARTS) is 1. The van der Waals surface area contributed by atoms with Gasteiger partial charge in [-0.25, -0.2) is 0 Å². The number of carbonyl (C=O) groups is 1. The van der Waals surface area contributed by atoms with E-state index in [1.54, 1.807) is 13.0 Å². The summed E-state index contributed by atoms with van der Waals surface area (Å²) in [6, 6.07) is 0. The Labute approximate surface area is 110 Å². The van der Waals surface area contributed by atoms with E-state index in [2.05, 4.69) is 19.9 Å². The van der Waals surface area contributed by atoms with Crippen LogP contribution < -0.4 is 0 Å². The first-order chi connectivity index (χ1) is 8.32. The monoisotopic (exact) mass is 254 g/mol. The van der Waals surface area contributed by atoms with Gasteiger partial charge in [0.25, 0.3) is 0 Å². The summed E-state index contributed by atoms with van der Waals surface area (Å²) in [5.74, 6) is 0.136. The minimum atomic E-state index is -0.808. The predicted molar refractivity (Wildman–Crippen MR) is 74.4 cm³/mol. The fourth-order valence-corrected chi connectivity index (χ4v) is 1.68. The molecule has 104 valence electrons. The molecule has 0 amide bonds. The van der Waals surface area contributed by atoms with E-state index in [1.807, 2.05) is 13.0 Å². The van der Waals surface area contributed by atoms with Gasteiger partial charge in [-0.2, -0.15) is 0 Å². The van der Waals surface area contributed by atoms with E-state index in [9.17, 15) is 9.90 Å². The molecule has 0 aliphatic carbocycles. The summed E-state index contributed by atoms with van der Waals surface area (Å²) < 4.78 is 0. The van der Waals surface area contributed by atoms with E-state index in [-0.39, 0.29) is 12.5 Å². The lowest BCUT2D eigenvalue weighted by molar-refractivity contribution is -0.136. The Morgan fingerprint density at radius 1 is 1.22 bits per heavy atom. The van der Waals surface area contributed by atoms with Gasteiger partial charge >= 0.3 is 5.97 Å². The van der Waals surface area contributed by atoms with Crippen molar-refractivity contribution in [3.8, 4) is 0 Å². The third kappa shape index (κ3) is 8.99. The number of aliphatic carboxylic acids is 1. The number of hydrogen-bond donors (Lipinski definition) is 2. The second-order valence-corrected chi connectivity index (χ2v) is 5.24. The minimum Gasteiger partial charge on any atom is -0.481 e. The molecule has 0 radical (unpaired) electrons. The quantitative estimate of drug-likeness (QED) is 0.653. The zero-order chi connectivity index (χ0) is 14.1. The molecule has 0 bridgehead atoms. The van der Waals surface area contributed by atoms with Gasteiger partial charge in [-0.15, -0.1) is 0 Å². The summed E-state index contributed by atoms with van der Waals surface area (Å²) >= 11 is 0. The number of allylic oxidation sites excluding steroid dienone is 3. The molecular weight excluding hydrogens is 228 g/mol. The van der Waals surface area contributed by atoms with E-state index in [0.29, 0.717) is 11.8 Å². The molecule has 0 rings (SSSR count). The van der Waals surface area contributed by atoms with Crippen molar-refractivity contribution in [2.24, 2.45) is 11.8 Å². The smallest absolute Gasteiger partial charge is 0.307 e. The fourth-order valence-electron chi connectivity index (χ4n) is 1.68. The summed E-state index contributed by atoms with van der Waals surface area (Å²) in [4.78, 5) is 10.4. The molecule has 0 saturated carbocycles. The molecule has 0 spiro atoms. The highest BCUT2D eigenvalue weighted by atomic mass is 16.4. The molecule has 0 aromatic carbocycles. The summed E-state index contributed by atoms with van der Waals surface area (Å²) in [6.07, 6.45) is 7.38. The van der Waals surface area contributed by atoms with Crippen LogP contribution in [0, 0.1) is 11.8 Å². The molecule has 0 heterocycles. The molecule has 3 heteroatoms. The van der Waals surface area contributed by atoms with Crippen molar-refractivity contribution in [1.82, 2.24) is 0 Å². The van der Waals surface area contributed by atoms with E-state index in [0.717, 1.165) is 18.4 Å². The first-order valence-corrected chi connectivity index (χ1v) is 6.57. The van der Waals surface area contributed by atoms with Gasteiger partial charge in [-0.1, -0.05) is 37.6 Å². The van der Waals surface area contributed by atoms with Gasteiger partial charge in [0, 0.05) is 0 Å². The second-order valence-electron chi connectivity index (χ2n) is 5.24. The fraction of sp³-hybridized carbons (Fsp3) is 0.667. The number of rotatable bonds is 8. The Kier molecular flexibility index (Phi) is 8.38. The Morgan fingerprint density at radius 2 is 1.83 bits per heavy atom. The van der Waals surface area contributed by atoms with Crippen molar-refractivity contribution < 1.29 is 15.0 Å². The van der Waals surface area contributed by atoms with Crippen LogP contribution in [0.4, 0.5) is 0 Å². The molecule has 2 N–H and O–H groups in total. The third-order valence-electron chi connectivity index (χ3n) is 2.98. The molecular formula is C15H26O3. The van der Waals surface area contributed by atoms with Crippen LogP contribution in [-0.2, 0) is 4.79 Å². The largest absolute Gasteiger partial charge is 0.481 e. The van der Waals surface area contributed by atoms with Gasteiger partial charge in [-0.05, 0) is 38.5 Å². The molecule has 0 aromatic heterocycles. The first-order valence-electron chi connectivity index (χ1n) is 6.57. The molecule has 0 saturated heterocycles. The number of carboxylic acids is 1. The summed E-state index contributed by atoms with van der Waals surface area (Å²) in [5.41, 5.74) is 0.972. The van der Waals surface area contributed by atoms with E-state index in [1.165, 1.54) is 0 Å². The molecule has 0 aromatic rings. The average molecular weight is 254 g/mol. The van der Waals surface area contributed by atoms with Gasteiger partial charge in [0.15, 0.2) is 0 Å². The highest BCUT2D eigenvalue weighted by molar-refractivity contribution is 5.68. The molecule has 18 heavy (non-hydrogen) atoms. The maximum absolute atomic E-state index is 10.4. The first kappa shape index (κ1) is 16.9. The van der Waals surface area contributed by atoms with Crippen molar-refractivity contribution >= 4 is 5.97 Å². The molecule has 3 nitrogen and oxygen atoms in total. The summed E-state index contributed by atoms with van der Waals surface area (Å²) in [5, 5.41) is 17.9. The average Bonchev–Trinajstić information content (AvgIpc) is 2.25. The van der Waals surface area contributed by atoms with Gasteiger partial charge in [-0.3, -0.25) is 4.79 Å². The number of hydrogen-bond acceptors (Lipinski definition) is 2. The van der Waals surface area contributed by atoms with Gasteiger partial charge in [0.2, 0.25) is 0 Å². The van der Waals surface area contributed by atoms with Crippen molar-refractivity contribution in [2.45, 2.75) is 53.1 Å². The molecule has 0 unspecified atom stereocenters. The van der Waals surface area contributed by atoms with Crippen LogP contribution in [0.25, 0.3) is 0 Å². The SMILES string of the molecule is CC(/C=C/[C@@H](CC[C@@H](C)O)C(C)C)=C\CC(=O)O. The lowest BCUT2D eigenvalue weighted by Gasteiger charge is -2.17. The summed E-state index contributed by atoms with van der Waals surface area (Å²) in [7, 11) is 0. The van der Waals surface area contributed by atoms with E-state index in [4.69, 9.17) is 5.11 Å². The number of aliphatic hydroxyl groups is 1. The van der Waals surface area contributed by atoms with Gasteiger partial charge < -0.3 is 10.2 Å². The Morgan fingerprint density at radius 3 is 2.28 bits per heavy atom. The zero-order valence-electron chi connectivity index (χ0n) is 11.9. The highest BCUT2D eigenvalue weighted by Crippen LogP contribution is 2.20. The highest BCUT2D eigenvalue weighted by Gasteiger charge is 2.10. The maximum atomic E-state index is 10.4. The summed E-state index contributed by atoms with van der Waals surface area (Å²) in [6.45, 7) is 8.03. The molecule has 0 aliphatic heterocycles. The lowest BCUT2D eigenvalue weighted by Crippen LogP contribution is -2.09. The van der Waals surface area contributed by atoms with Crippen molar-refractivity contribution in [3.05, 3.63) is 23.8 Å². The maximum Gasteiger partial charge on any atom is 0.307 e. The van der Waals surface area contributed by atoms with Crippen molar-refractivity contribution in [1.29, 1.82) is 0 Å². The molecule has 0 fully saturated rings. The van der Waals surface area contributed by atoms with Crippen LogP contribution in [-0.4, -0.2) is 22.3 Å². The Hall–Kier alpha value is -1.09. The van der Waals surface area contributed by atoms with Crippen LogP contribution >= 0.6 is 0 Å². The van der Waals surface area contributed by atoms with Crippen LogP contribution in [0.5, 0.6) is 0 Å². The Bertz CT molecular complexity index is 301. The topological polar surface area (TPSA) is 57.5 Å². The van der Waals surface area contributed by atoms with Crippen LogP contribution in [0.1, 0.15) is 47.0 Å². The second kappa shape index (κ2) is 8.92. The van der Waals surface area contributed by atoms with E-state index < -0.39 is 5.97 Å². The normalized spacial score (nSPS) is 16.2. The lowest BCUT2D eigenvalue weighted by atomic mass is 9.89. The minimum absolute atomic E-state index is 0.0657. The van der Waals surface area contributed by atoms with Crippen LogP contribution in [0.2, 0.25) is 0 Å².